The van der Waals surface area contributed by atoms with Gasteiger partial charge in [-0.1, -0.05) is 18.2 Å². The first kappa shape index (κ1) is 23.7. The lowest BCUT2D eigenvalue weighted by atomic mass is 10.1. The van der Waals surface area contributed by atoms with E-state index in [1.807, 2.05) is 45.0 Å². The Morgan fingerprint density at radius 2 is 1.83 bits per heavy atom. The third-order valence-electron chi connectivity index (χ3n) is 4.72. The average molecular weight is 418 g/mol. The van der Waals surface area contributed by atoms with E-state index in [-0.39, 0.29) is 11.9 Å². The van der Waals surface area contributed by atoms with E-state index in [4.69, 9.17) is 9.47 Å². The lowest BCUT2D eigenvalue weighted by Gasteiger charge is -2.22. The number of likely N-dealkylation sites (tertiary alicyclic amines) is 1. The molecule has 1 aromatic carbocycles. The van der Waals surface area contributed by atoms with Crippen molar-refractivity contribution in [3.05, 3.63) is 42.0 Å². The topological polar surface area (TPSA) is 79.9 Å². The fourth-order valence-electron chi connectivity index (χ4n) is 3.25. The van der Waals surface area contributed by atoms with Crippen molar-refractivity contribution < 1.29 is 19.1 Å². The lowest BCUT2D eigenvalue weighted by molar-refractivity contribution is -0.116. The molecule has 2 N–H and O–H groups in total. The summed E-state index contributed by atoms with van der Waals surface area (Å²) in [5.41, 5.74) is 0.418. The number of hydrogen-bond acceptors (Lipinski definition) is 5. The van der Waals surface area contributed by atoms with Crippen molar-refractivity contribution in [2.24, 2.45) is 0 Å². The molecule has 166 valence electrons. The standard InChI is InChI=1S/C23H35N3O4/c1-23(2,3)30-22(28)25-19(17-18-7-10-20(29-4)11-8-18)9-12-21(27)24-13-16-26-14-5-6-15-26/h7-12,19H,5-6,13-17H2,1-4H3,(H,24,27)(H,25,28)/b12-9+/t19-/m1/s1. The van der Waals surface area contributed by atoms with Crippen LogP contribution in [-0.4, -0.2) is 61.8 Å². The molecule has 1 heterocycles. The van der Waals surface area contributed by atoms with E-state index in [2.05, 4.69) is 15.5 Å². The second-order valence-corrected chi connectivity index (χ2v) is 8.50. The van der Waals surface area contributed by atoms with E-state index < -0.39 is 11.7 Å². The average Bonchev–Trinajstić information content (AvgIpc) is 3.18. The van der Waals surface area contributed by atoms with Crippen LogP contribution in [0.1, 0.15) is 39.2 Å². The molecule has 7 heteroatoms. The van der Waals surface area contributed by atoms with Crippen LogP contribution in [0.4, 0.5) is 4.79 Å². The van der Waals surface area contributed by atoms with E-state index in [0.717, 1.165) is 30.9 Å². The van der Waals surface area contributed by atoms with Gasteiger partial charge in [-0.3, -0.25) is 4.79 Å². The third kappa shape index (κ3) is 9.31. The van der Waals surface area contributed by atoms with Gasteiger partial charge in [0.1, 0.15) is 11.4 Å². The van der Waals surface area contributed by atoms with Crippen molar-refractivity contribution in [3.8, 4) is 5.75 Å². The van der Waals surface area contributed by atoms with Gasteiger partial charge in [0.15, 0.2) is 0 Å². The summed E-state index contributed by atoms with van der Waals surface area (Å²) in [7, 11) is 1.62. The van der Waals surface area contributed by atoms with Gasteiger partial charge in [0, 0.05) is 19.2 Å². The minimum Gasteiger partial charge on any atom is -0.497 e. The maximum absolute atomic E-state index is 12.2. The predicted molar refractivity (Wildman–Crippen MR) is 118 cm³/mol. The number of amides is 2. The van der Waals surface area contributed by atoms with Crippen LogP contribution in [-0.2, 0) is 16.0 Å². The van der Waals surface area contributed by atoms with Crippen LogP contribution in [0, 0.1) is 0 Å². The van der Waals surface area contributed by atoms with Gasteiger partial charge >= 0.3 is 6.09 Å². The molecule has 1 fully saturated rings. The maximum Gasteiger partial charge on any atom is 0.408 e. The first-order valence-corrected chi connectivity index (χ1v) is 10.6. The number of ether oxygens (including phenoxy) is 2. The molecule has 0 radical (unpaired) electrons. The van der Waals surface area contributed by atoms with Crippen LogP contribution in [0.3, 0.4) is 0 Å². The SMILES string of the molecule is COc1ccc(C[C@@H](/C=C/C(=O)NCCN2CCCC2)NC(=O)OC(C)(C)C)cc1. The van der Waals surface area contributed by atoms with E-state index in [1.54, 1.807) is 13.2 Å². The van der Waals surface area contributed by atoms with Crippen molar-refractivity contribution in [3.63, 3.8) is 0 Å². The Morgan fingerprint density at radius 1 is 1.17 bits per heavy atom. The largest absolute Gasteiger partial charge is 0.497 e. The molecule has 30 heavy (non-hydrogen) atoms. The Bertz CT molecular complexity index is 704. The summed E-state index contributed by atoms with van der Waals surface area (Å²) in [6, 6.07) is 7.24. The minimum absolute atomic E-state index is 0.167. The van der Waals surface area contributed by atoms with E-state index in [9.17, 15) is 9.59 Å². The Morgan fingerprint density at radius 3 is 2.43 bits per heavy atom. The highest BCUT2D eigenvalue weighted by Gasteiger charge is 2.19. The number of benzene rings is 1. The second kappa shape index (κ2) is 11.6. The minimum atomic E-state index is -0.592. The highest BCUT2D eigenvalue weighted by atomic mass is 16.6. The van der Waals surface area contributed by atoms with Gasteiger partial charge in [0.2, 0.25) is 5.91 Å². The zero-order chi connectivity index (χ0) is 22.0. The number of hydrogen-bond donors (Lipinski definition) is 2. The summed E-state index contributed by atoms with van der Waals surface area (Å²) in [4.78, 5) is 26.8. The van der Waals surface area contributed by atoms with E-state index in [0.29, 0.717) is 13.0 Å². The Hall–Kier alpha value is -2.54. The zero-order valence-corrected chi connectivity index (χ0v) is 18.6. The van der Waals surface area contributed by atoms with Crippen LogP contribution in [0.25, 0.3) is 0 Å². The van der Waals surface area contributed by atoms with Crippen LogP contribution < -0.4 is 15.4 Å². The Labute approximate surface area is 179 Å². The molecule has 2 rings (SSSR count). The highest BCUT2D eigenvalue weighted by Crippen LogP contribution is 2.14. The number of methoxy groups -OCH3 is 1. The van der Waals surface area contributed by atoms with Crippen molar-refractivity contribution in [1.82, 2.24) is 15.5 Å². The Balaban J connectivity index is 1.93. The molecule has 0 saturated carbocycles. The number of carbonyl (C=O) groups is 2. The molecule has 0 bridgehead atoms. The van der Waals surface area contributed by atoms with Gasteiger partial charge in [0.25, 0.3) is 0 Å². The molecule has 2 amide bonds. The number of rotatable bonds is 9. The summed E-state index contributed by atoms with van der Waals surface area (Å²) >= 11 is 0. The fraction of sp³-hybridized carbons (Fsp3) is 0.565. The van der Waals surface area contributed by atoms with Crippen molar-refractivity contribution in [2.75, 3.05) is 33.3 Å². The van der Waals surface area contributed by atoms with Gasteiger partial charge in [-0.2, -0.15) is 0 Å². The van der Waals surface area contributed by atoms with Gasteiger partial charge < -0.3 is 25.0 Å². The van der Waals surface area contributed by atoms with Gasteiger partial charge in [-0.25, -0.2) is 4.79 Å². The van der Waals surface area contributed by atoms with E-state index >= 15 is 0 Å². The van der Waals surface area contributed by atoms with Crippen LogP contribution >= 0.6 is 0 Å². The molecule has 1 atom stereocenters. The van der Waals surface area contributed by atoms with Gasteiger partial charge in [-0.15, -0.1) is 0 Å². The first-order chi connectivity index (χ1) is 14.2. The zero-order valence-electron chi connectivity index (χ0n) is 18.6. The monoisotopic (exact) mass is 417 g/mol. The lowest BCUT2D eigenvalue weighted by Crippen LogP contribution is -2.39. The molecule has 0 aromatic heterocycles. The van der Waals surface area contributed by atoms with Crippen molar-refractivity contribution >= 4 is 12.0 Å². The van der Waals surface area contributed by atoms with Gasteiger partial charge in [-0.05, 0) is 70.8 Å². The first-order valence-electron chi connectivity index (χ1n) is 10.6. The van der Waals surface area contributed by atoms with Crippen molar-refractivity contribution in [1.29, 1.82) is 0 Å². The predicted octanol–water partition coefficient (Wildman–Crippen LogP) is 2.90. The molecule has 0 spiro atoms. The molecule has 1 saturated heterocycles. The summed E-state index contributed by atoms with van der Waals surface area (Å²) in [6.45, 7) is 9.14. The number of alkyl carbamates (subject to hydrolysis) is 1. The summed E-state index contributed by atoms with van der Waals surface area (Å²) < 4.78 is 10.5. The highest BCUT2D eigenvalue weighted by molar-refractivity contribution is 5.87. The van der Waals surface area contributed by atoms with Crippen LogP contribution in [0.15, 0.2) is 36.4 Å². The van der Waals surface area contributed by atoms with Crippen LogP contribution in [0.2, 0.25) is 0 Å². The quantitative estimate of drug-likeness (QED) is 0.604. The molecule has 1 aromatic rings. The normalized spacial score (nSPS) is 15.7. The van der Waals surface area contributed by atoms with E-state index in [1.165, 1.54) is 18.9 Å². The van der Waals surface area contributed by atoms with Crippen LogP contribution in [0.5, 0.6) is 5.75 Å². The molecule has 1 aliphatic heterocycles. The number of nitrogens with zero attached hydrogens (tertiary/aromatic N) is 1. The summed E-state index contributed by atoms with van der Waals surface area (Å²) in [6.07, 6.45) is 5.67. The second-order valence-electron chi connectivity index (χ2n) is 8.50. The molecule has 0 aliphatic carbocycles. The molecule has 7 nitrogen and oxygen atoms in total. The Kier molecular flexibility index (Phi) is 9.17. The molecular formula is C23H35N3O4. The summed E-state index contributed by atoms with van der Waals surface area (Å²) in [5, 5.41) is 5.75. The number of nitrogens with one attached hydrogen (secondary N) is 2. The smallest absolute Gasteiger partial charge is 0.408 e. The van der Waals surface area contributed by atoms with Gasteiger partial charge in [0.05, 0.1) is 13.2 Å². The summed E-state index contributed by atoms with van der Waals surface area (Å²) in [5.74, 6) is 0.600. The molecule has 0 unspecified atom stereocenters. The molecular weight excluding hydrogens is 382 g/mol. The third-order valence-corrected chi connectivity index (χ3v) is 4.72. The maximum atomic E-state index is 12.2. The molecule has 1 aliphatic rings. The fourth-order valence-corrected chi connectivity index (χ4v) is 3.25. The van der Waals surface area contributed by atoms with Crippen molar-refractivity contribution in [2.45, 2.75) is 51.7 Å². The number of carbonyl (C=O) groups excluding carboxylic acids is 2.